The van der Waals surface area contributed by atoms with Crippen LogP contribution in [0.4, 0.5) is 4.39 Å². The van der Waals surface area contributed by atoms with E-state index < -0.39 is 0 Å². The van der Waals surface area contributed by atoms with Crippen molar-refractivity contribution in [3.63, 3.8) is 0 Å². The molecule has 0 amide bonds. The molecule has 0 spiro atoms. The minimum atomic E-state index is -0.160. The number of thiocarbonyl (C=S) groups is 1. The van der Waals surface area contributed by atoms with Crippen LogP contribution in [0.25, 0.3) is 0 Å². The number of nitrogens with zero attached hydrogens (tertiary/aromatic N) is 2. The average molecular weight is 281 g/mol. The van der Waals surface area contributed by atoms with Gasteiger partial charge in [-0.15, -0.1) is 0 Å². The zero-order valence-corrected chi connectivity index (χ0v) is 12.0. The Morgan fingerprint density at radius 3 is 2.53 bits per heavy atom. The van der Waals surface area contributed by atoms with Gasteiger partial charge < -0.3 is 5.73 Å². The number of piperazine rings is 1. The first kappa shape index (κ1) is 14.4. The largest absolute Gasteiger partial charge is 0.392 e. The van der Waals surface area contributed by atoms with Crippen LogP contribution in [0, 0.1) is 12.7 Å². The van der Waals surface area contributed by atoms with Crippen LogP contribution >= 0.6 is 12.2 Å². The number of rotatable bonds is 4. The van der Waals surface area contributed by atoms with Crippen LogP contribution in [0.3, 0.4) is 0 Å². The Morgan fingerprint density at radius 1 is 1.26 bits per heavy atom. The maximum atomic E-state index is 13.3. The van der Waals surface area contributed by atoms with Crippen LogP contribution in [-0.4, -0.2) is 47.5 Å². The van der Waals surface area contributed by atoms with Crippen molar-refractivity contribution >= 4 is 17.2 Å². The summed E-state index contributed by atoms with van der Waals surface area (Å²) in [7, 11) is 0. The Balaban J connectivity index is 1.88. The third-order valence-electron chi connectivity index (χ3n) is 3.55. The van der Waals surface area contributed by atoms with Gasteiger partial charge in [0.2, 0.25) is 0 Å². The van der Waals surface area contributed by atoms with Crippen molar-refractivity contribution in [3.8, 4) is 0 Å². The summed E-state index contributed by atoms with van der Waals surface area (Å²) in [4.78, 5) is 5.16. The number of hydrogen-bond acceptors (Lipinski definition) is 3. The molecule has 1 aliphatic rings. The van der Waals surface area contributed by atoms with E-state index in [2.05, 4.69) is 9.80 Å². The highest BCUT2D eigenvalue weighted by Gasteiger charge is 2.17. The van der Waals surface area contributed by atoms with E-state index >= 15 is 0 Å². The summed E-state index contributed by atoms with van der Waals surface area (Å²) in [6.45, 7) is 7.40. The molecule has 0 unspecified atom stereocenters. The Kier molecular flexibility index (Phi) is 4.85. The maximum Gasteiger partial charge on any atom is 0.123 e. The summed E-state index contributed by atoms with van der Waals surface area (Å²) in [5, 5.41) is 0. The van der Waals surface area contributed by atoms with E-state index in [-0.39, 0.29) is 5.82 Å². The molecule has 1 aliphatic heterocycles. The molecule has 104 valence electrons. The van der Waals surface area contributed by atoms with Gasteiger partial charge in [0.05, 0.1) is 4.99 Å². The average Bonchev–Trinajstić information content (AvgIpc) is 2.35. The molecule has 1 fully saturated rings. The van der Waals surface area contributed by atoms with E-state index in [0.29, 0.717) is 11.5 Å². The van der Waals surface area contributed by atoms with Gasteiger partial charge in [0.25, 0.3) is 0 Å². The van der Waals surface area contributed by atoms with Gasteiger partial charge in [-0.3, -0.25) is 9.80 Å². The molecule has 0 saturated carbocycles. The van der Waals surface area contributed by atoms with Crippen molar-refractivity contribution in [1.82, 2.24) is 9.80 Å². The van der Waals surface area contributed by atoms with E-state index in [4.69, 9.17) is 18.0 Å². The predicted octanol–water partition coefficient (Wildman–Crippen LogP) is 1.54. The molecule has 1 heterocycles. The minimum Gasteiger partial charge on any atom is -0.392 e. The smallest absolute Gasteiger partial charge is 0.123 e. The lowest BCUT2D eigenvalue weighted by molar-refractivity contribution is 0.140. The van der Waals surface area contributed by atoms with Crippen LogP contribution in [-0.2, 0) is 6.54 Å². The molecule has 1 saturated heterocycles. The van der Waals surface area contributed by atoms with Crippen molar-refractivity contribution in [1.29, 1.82) is 0 Å². The van der Waals surface area contributed by atoms with Crippen molar-refractivity contribution < 1.29 is 4.39 Å². The number of hydrogen-bond donors (Lipinski definition) is 1. The normalized spacial score (nSPS) is 17.6. The molecule has 0 aliphatic carbocycles. The van der Waals surface area contributed by atoms with Gasteiger partial charge in [-0.1, -0.05) is 18.3 Å². The third kappa shape index (κ3) is 4.23. The fourth-order valence-corrected chi connectivity index (χ4v) is 2.56. The number of nitrogens with two attached hydrogens (primary N) is 1. The minimum absolute atomic E-state index is 0.160. The predicted molar refractivity (Wildman–Crippen MR) is 79.6 cm³/mol. The van der Waals surface area contributed by atoms with Crippen LogP contribution < -0.4 is 5.73 Å². The molecular weight excluding hydrogens is 261 g/mol. The van der Waals surface area contributed by atoms with Crippen LogP contribution in [0.15, 0.2) is 18.2 Å². The highest BCUT2D eigenvalue weighted by atomic mass is 32.1. The molecule has 5 heteroatoms. The van der Waals surface area contributed by atoms with Crippen LogP contribution in [0.5, 0.6) is 0 Å². The Labute approximate surface area is 119 Å². The first-order valence-electron chi connectivity index (χ1n) is 6.52. The molecule has 2 N–H and O–H groups in total. The summed E-state index contributed by atoms with van der Waals surface area (Å²) < 4.78 is 13.3. The van der Waals surface area contributed by atoms with Gasteiger partial charge in [0, 0.05) is 39.3 Å². The molecular formula is C14H20FN3S. The topological polar surface area (TPSA) is 32.5 Å². The molecule has 1 aromatic rings. The van der Waals surface area contributed by atoms with E-state index in [1.165, 1.54) is 6.07 Å². The zero-order chi connectivity index (χ0) is 13.8. The number of aryl methyl sites for hydroxylation is 1. The van der Waals surface area contributed by atoms with E-state index in [9.17, 15) is 4.39 Å². The lowest BCUT2D eigenvalue weighted by Crippen LogP contribution is -2.48. The van der Waals surface area contributed by atoms with Gasteiger partial charge in [0.15, 0.2) is 0 Å². The molecule has 3 nitrogen and oxygen atoms in total. The molecule has 0 bridgehead atoms. The molecule has 0 atom stereocenters. The fraction of sp³-hybridized carbons (Fsp3) is 0.500. The van der Waals surface area contributed by atoms with Crippen molar-refractivity contribution in [2.75, 3.05) is 32.7 Å². The Morgan fingerprint density at radius 2 is 1.89 bits per heavy atom. The van der Waals surface area contributed by atoms with Gasteiger partial charge >= 0.3 is 0 Å². The van der Waals surface area contributed by atoms with Crippen LogP contribution in [0.1, 0.15) is 11.1 Å². The van der Waals surface area contributed by atoms with Crippen LogP contribution in [0.2, 0.25) is 0 Å². The number of halogens is 1. The van der Waals surface area contributed by atoms with Crippen molar-refractivity contribution in [3.05, 3.63) is 35.1 Å². The van der Waals surface area contributed by atoms with Gasteiger partial charge in [0.1, 0.15) is 5.82 Å². The monoisotopic (exact) mass is 281 g/mol. The standard InChI is InChI=1S/C14H20FN3S/c1-11-2-3-13(15)8-12(11)9-17-4-6-18(7-5-17)10-14(16)19/h2-3,8H,4-7,9-10H2,1H3,(H2,16,19). The summed E-state index contributed by atoms with van der Waals surface area (Å²) in [5.41, 5.74) is 7.77. The first-order chi connectivity index (χ1) is 9.04. The highest BCUT2D eigenvalue weighted by Crippen LogP contribution is 2.14. The summed E-state index contributed by atoms with van der Waals surface area (Å²) in [5.74, 6) is -0.160. The summed E-state index contributed by atoms with van der Waals surface area (Å²) >= 11 is 4.92. The molecule has 2 rings (SSSR count). The van der Waals surface area contributed by atoms with E-state index in [1.54, 1.807) is 6.07 Å². The van der Waals surface area contributed by atoms with Gasteiger partial charge in [-0.25, -0.2) is 4.39 Å². The van der Waals surface area contributed by atoms with Gasteiger partial charge in [-0.05, 0) is 30.2 Å². The first-order valence-corrected chi connectivity index (χ1v) is 6.93. The molecule has 0 radical (unpaired) electrons. The maximum absolute atomic E-state index is 13.3. The molecule has 0 aromatic heterocycles. The SMILES string of the molecule is Cc1ccc(F)cc1CN1CCN(CC(N)=S)CC1. The lowest BCUT2D eigenvalue weighted by atomic mass is 10.1. The Hall–Kier alpha value is -1.04. The number of benzene rings is 1. The molecule has 1 aromatic carbocycles. The van der Waals surface area contributed by atoms with Gasteiger partial charge in [-0.2, -0.15) is 0 Å². The fourth-order valence-electron chi connectivity index (χ4n) is 2.38. The second-order valence-corrected chi connectivity index (χ2v) is 5.61. The lowest BCUT2D eigenvalue weighted by Gasteiger charge is -2.34. The third-order valence-corrected chi connectivity index (χ3v) is 3.68. The van der Waals surface area contributed by atoms with E-state index in [1.807, 2.05) is 13.0 Å². The molecule has 19 heavy (non-hydrogen) atoms. The summed E-state index contributed by atoms with van der Waals surface area (Å²) in [6, 6.07) is 4.99. The Bertz CT molecular complexity index is 456. The zero-order valence-electron chi connectivity index (χ0n) is 11.2. The van der Waals surface area contributed by atoms with Crippen molar-refractivity contribution in [2.45, 2.75) is 13.5 Å². The highest BCUT2D eigenvalue weighted by molar-refractivity contribution is 7.80. The van der Waals surface area contributed by atoms with Crippen molar-refractivity contribution in [2.24, 2.45) is 5.73 Å². The van der Waals surface area contributed by atoms with E-state index in [0.717, 1.165) is 43.9 Å². The quantitative estimate of drug-likeness (QED) is 0.849. The second-order valence-electron chi connectivity index (χ2n) is 5.09. The second kappa shape index (κ2) is 6.41. The summed E-state index contributed by atoms with van der Waals surface area (Å²) in [6.07, 6.45) is 0.